The minimum Gasteiger partial charge on any atom is -0.481 e. The van der Waals surface area contributed by atoms with Crippen molar-refractivity contribution in [1.82, 2.24) is 14.6 Å². The Kier molecular flexibility index (Phi) is 5.50. The van der Waals surface area contributed by atoms with Crippen LogP contribution in [0.4, 0.5) is 0 Å². The van der Waals surface area contributed by atoms with Gasteiger partial charge >= 0.3 is 5.97 Å². The fraction of sp³-hybridized carbons (Fsp3) is 0.500. The molecule has 1 unspecified atom stereocenters. The van der Waals surface area contributed by atoms with Crippen molar-refractivity contribution < 1.29 is 23.1 Å². The number of carboxylic acids is 1. The van der Waals surface area contributed by atoms with Crippen LogP contribution >= 0.6 is 0 Å². The Bertz CT molecular complexity index is 635. The van der Waals surface area contributed by atoms with Gasteiger partial charge in [0.1, 0.15) is 10.6 Å². The van der Waals surface area contributed by atoms with Crippen LogP contribution in [0.25, 0.3) is 0 Å². The van der Waals surface area contributed by atoms with Gasteiger partial charge < -0.3 is 15.0 Å². The molecule has 1 amide bonds. The smallest absolute Gasteiger partial charge is 0.304 e. The largest absolute Gasteiger partial charge is 0.481 e. The highest BCUT2D eigenvalue weighted by Crippen LogP contribution is 2.15. The summed E-state index contributed by atoms with van der Waals surface area (Å²) in [5.41, 5.74) is 0.198. The Morgan fingerprint density at radius 1 is 1.43 bits per heavy atom. The standard InChI is InChI=1S/C12H19N3O5S/c1-4-8(5-11(16)17)14-21(19,20)9-6-10(12(18)13-2)15(3)7-9/h6-8,14H,4-5H2,1-3H3,(H,13,18)(H,16,17). The van der Waals surface area contributed by atoms with E-state index in [-0.39, 0.29) is 17.0 Å². The van der Waals surface area contributed by atoms with Gasteiger partial charge in [0.05, 0.1) is 6.42 Å². The van der Waals surface area contributed by atoms with Crippen molar-refractivity contribution in [3.05, 3.63) is 18.0 Å². The van der Waals surface area contributed by atoms with Crippen LogP contribution in [-0.2, 0) is 21.9 Å². The van der Waals surface area contributed by atoms with Crippen LogP contribution in [0.15, 0.2) is 17.2 Å². The summed E-state index contributed by atoms with van der Waals surface area (Å²) in [6, 6.07) is 0.547. The number of carbonyl (C=O) groups excluding carboxylic acids is 1. The lowest BCUT2D eigenvalue weighted by atomic mass is 10.2. The maximum atomic E-state index is 12.2. The van der Waals surface area contributed by atoms with Crippen molar-refractivity contribution in [2.45, 2.75) is 30.7 Å². The SMILES string of the molecule is CCC(CC(=O)O)NS(=O)(=O)c1cc(C(=O)NC)n(C)c1. The van der Waals surface area contributed by atoms with Crippen molar-refractivity contribution >= 4 is 21.9 Å². The quantitative estimate of drug-likeness (QED) is 0.650. The Balaban J connectivity index is 3.03. The van der Waals surface area contributed by atoms with Gasteiger partial charge in [-0.1, -0.05) is 6.92 Å². The summed E-state index contributed by atoms with van der Waals surface area (Å²) in [5, 5.41) is 11.2. The maximum Gasteiger partial charge on any atom is 0.304 e. The number of carbonyl (C=O) groups is 2. The van der Waals surface area contributed by atoms with Crippen LogP contribution in [0.2, 0.25) is 0 Å². The van der Waals surface area contributed by atoms with Gasteiger partial charge in [0.25, 0.3) is 5.91 Å². The van der Waals surface area contributed by atoms with E-state index in [9.17, 15) is 18.0 Å². The number of hydrogen-bond donors (Lipinski definition) is 3. The molecule has 21 heavy (non-hydrogen) atoms. The molecule has 1 heterocycles. The molecule has 0 bridgehead atoms. The Hall–Kier alpha value is -1.87. The van der Waals surface area contributed by atoms with Crippen LogP contribution in [0.3, 0.4) is 0 Å². The molecule has 0 saturated carbocycles. The number of nitrogens with one attached hydrogen (secondary N) is 2. The van der Waals surface area contributed by atoms with Gasteiger partial charge in [0, 0.05) is 26.3 Å². The zero-order chi connectivity index (χ0) is 16.2. The molecule has 1 atom stereocenters. The number of aromatic nitrogens is 1. The number of nitrogens with zero attached hydrogens (tertiary/aromatic N) is 1. The van der Waals surface area contributed by atoms with Gasteiger partial charge in [0.2, 0.25) is 10.0 Å². The first-order chi connectivity index (χ1) is 9.71. The van der Waals surface area contributed by atoms with Gasteiger partial charge in [-0.25, -0.2) is 13.1 Å². The van der Waals surface area contributed by atoms with Crippen molar-refractivity contribution in [3.63, 3.8) is 0 Å². The first-order valence-electron chi connectivity index (χ1n) is 6.33. The van der Waals surface area contributed by atoms with Crippen molar-refractivity contribution in [2.24, 2.45) is 7.05 Å². The van der Waals surface area contributed by atoms with Crippen molar-refractivity contribution in [1.29, 1.82) is 0 Å². The molecule has 0 aliphatic carbocycles. The molecular weight excluding hydrogens is 298 g/mol. The fourth-order valence-corrected chi connectivity index (χ4v) is 3.19. The third-order valence-corrected chi connectivity index (χ3v) is 4.47. The molecule has 9 heteroatoms. The summed E-state index contributed by atoms with van der Waals surface area (Å²) in [4.78, 5) is 22.2. The van der Waals surface area contributed by atoms with E-state index < -0.39 is 27.9 Å². The lowest BCUT2D eigenvalue weighted by Crippen LogP contribution is -2.35. The summed E-state index contributed by atoms with van der Waals surface area (Å²) >= 11 is 0. The molecule has 0 aliphatic rings. The molecule has 1 aromatic heterocycles. The molecule has 1 aromatic rings. The predicted octanol–water partition coefficient (Wildman–Crippen LogP) is -0.0837. The van der Waals surface area contributed by atoms with E-state index in [4.69, 9.17) is 5.11 Å². The van der Waals surface area contributed by atoms with E-state index in [1.165, 1.54) is 23.9 Å². The second-order valence-corrected chi connectivity index (χ2v) is 6.29. The molecule has 1 rings (SSSR count). The molecule has 3 N–H and O–H groups in total. The number of hydrogen-bond acceptors (Lipinski definition) is 4. The predicted molar refractivity (Wildman–Crippen MR) is 75.5 cm³/mol. The molecule has 0 spiro atoms. The molecule has 0 fully saturated rings. The summed E-state index contributed by atoms with van der Waals surface area (Å²) in [5.74, 6) is -1.49. The minimum absolute atomic E-state index is 0.0764. The first kappa shape index (κ1) is 17.2. The van der Waals surface area contributed by atoms with E-state index in [1.54, 1.807) is 14.0 Å². The van der Waals surface area contributed by atoms with Crippen molar-refractivity contribution in [2.75, 3.05) is 7.05 Å². The van der Waals surface area contributed by atoms with Gasteiger partial charge in [-0.15, -0.1) is 0 Å². The Labute approximate surface area is 123 Å². The monoisotopic (exact) mass is 317 g/mol. The zero-order valence-corrected chi connectivity index (χ0v) is 12.9. The average molecular weight is 317 g/mol. The normalized spacial score (nSPS) is 12.9. The fourth-order valence-electron chi connectivity index (χ4n) is 1.80. The highest BCUT2D eigenvalue weighted by Gasteiger charge is 2.24. The topological polar surface area (TPSA) is 118 Å². The van der Waals surface area contributed by atoms with E-state index >= 15 is 0 Å². The van der Waals surface area contributed by atoms with Crippen LogP contribution in [-0.4, -0.2) is 43.1 Å². The summed E-state index contributed by atoms with van der Waals surface area (Å²) < 4.78 is 28.1. The first-order valence-corrected chi connectivity index (χ1v) is 7.82. The number of rotatable bonds is 7. The number of aryl methyl sites for hydroxylation is 1. The highest BCUT2D eigenvalue weighted by atomic mass is 32.2. The van der Waals surface area contributed by atoms with Gasteiger partial charge in [-0.2, -0.15) is 0 Å². The minimum atomic E-state index is -3.87. The molecule has 0 radical (unpaired) electrons. The number of aliphatic carboxylic acids is 1. The van der Waals surface area contributed by atoms with Gasteiger partial charge in [-0.3, -0.25) is 9.59 Å². The van der Waals surface area contributed by atoms with E-state index in [2.05, 4.69) is 10.0 Å². The van der Waals surface area contributed by atoms with Crippen molar-refractivity contribution in [3.8, 4) is 0 Å². The molecular formula is C12H19N3O5S. The zero-order valence-electron chi connectivity index (χ0n) is 12.1. The number of sulfonamides is 1. The van der Waals surface area contributed by atoms with Gasteiger partial charge in [0.15, 0.2) is 0 Å². The summed E-state index contributed by atoms with van der Waals surface area (Å²) in [7, 11) is -0.875. The molecule has 118 valence electrons. The lowest BCUT2D eigenvalue weighted by molar-refractivity contribution is -0.137. The highest BCUT2D eigenvalue weighted by molar-refractivity contribution is 7.89. The second-order valence-electron chi connectivity index (χ2n) is 4.58. The molecule has 0 aromatic carbocycles. The summed E-state index contributed by atoms with van der Waals surface area (Å²) in [6.07, 6.45) is 1.35. The van der Waals surface area contributed by atoms with Crippen LogP contribution < -0.4 is 10.0 Å². The maximum absolute atomic E-state index is 12.2. The Morgan fingerprint density at radius 3 is 2.52 bits per heavy atom. The molecule has 8 nitrogen and oxygen atoms in total. The average Bonchev–Trinajstić information content (AvgIpc) is 2.79. The van der Waals surface area contributed by atoms with E-state index in [0.717, 1.165) is 0 Å². The molecule has 0 saturated heterocycles. The lowest BCUT2D eigenvalue weighted by Gasteiger charge is -2.14. The second kappa shape index (κ2) is 6.72. The third kappa shape index (κ3) is 4.30. The number of carboxylic acid groups (broad SMARTS) is 1. The van der Waals surface area contributed by atoms with Crippen LogP contribution in [0.1, 0.15) is 30.3 Å². The van der Waals surface area contributed by atoms with E-state index in [1.807, 2.05) is 0 Å². The van der Waals surface area contributed by atoms with Gasteiger partial charge in [-0.05, 0) is 12.5 Å². The molecule has 0 aliphatic heterocycles. The summed E-state index contributed by atoms with van der Waals surface area (Å²) in [6.45, 7) is 1.69. The number of amides is 1. The van der Waals surface area contributed by atoms with Crippen LogP contribution in [0, 0.1) is 0 Å². The third-order valence-electron chi connectivity index (χ3n) is 2.99. The Morgan fingerprint density at radius 2 is 2.05 bits per heavy atom. The van der Waals surface area contributed by atoms with Crippen LogP contribution in [0.5, 0.6) is 0 Å². The van der Waals surface area contributed by atoms with E-state index in [0.29, 0.717) is 6.42 Å².